The Labute approximate surface area is 168 Å². The van der Waals surface area contributed by atoms with Crippen LogP contribution in [0, 0.1) is 0 Å². The Morgan fingerprint density at radius 2 is 2.07 bits per heavy atom. The number of anilines is 1. The molecular formula is C20H23N5O3S. The summed E-state index contributed by atoms with van der Waals surface area (Å²) in [5.41, 5.74) is 9.69. The molecule has 1 aliphatic carbocycles. The zero-order chi connectivity index (χ0) is 20.3. The fourth-order valence-electron chi connectivity index (χ4n) is 4.25. The molecule has 2 aliphatic rings. The minimum absolute atomic E-state index is 0.182. The van der Waals surface area contributed by atoms with E-state index in [4.69, 9.17) is 5.73 Å². The van der Waals surface area contributed by atoms with Crippen molar-refractivity contribution >= 4 is 26.6 Å². The topological polar surface area (TPSA) is 103 Å². The molecule has 2 N–H and O–H groups in total. The largest absolute Gasteiger partial charge is 0.399 e. The number of nitrogens with two attached hydrogens (primary N) is 1. The molecule has 0 bridgehead atoms. The smallest absolute Gasteiger partial charge is 0.291 e. The summed E-state index contributed by atoms with van der Waals surface area (Å²) in [5.74, 6) is 0. The Morgan fingerprint density at radius 3 is 2.79 bits per heavy atom. The van der Waals surface area contributed by atoms with Crippen molar-refractivity contribution in [2.45, 2.75) is 37.6 Å². The fraction of sp³-hybridized carbons (Fsp3) is 0.400. The lowest BCUT2D eigenvalue weighted by Crippen LogP contribution is -2.38. The molecule has 0 spiro atoms. The lowest BCUT2D eigenvalue weighted by Gasteiger charge is -2.27. The van der Waals surface area contributed by atoms with Crippen LogP contribution in [0.4, 0.5) is 5.69 Å². The number of hydrogen-bond acceptors (Lipinski definition) is 5. The molecule has 2 aromatic heterocycles. The third kappa shape index (κ3) is 2.96. The molecule has 29 heavy (non-hydrogen) atoms. The number of fused-ring (bicyclic) bond motifs is 3. The van der Waals surface area contributed by atoms with E-state index in [0.717, 1.165) is 35.0 Å². The second kappa shape index (κ2) is 6.43. The highest BCUT2D eigenvalue weighted by Gasteiger charge is 2.41. The second-order valence-electron chi connectivity index (χ2n) is 7.93. The van der Waals surface area contributed by atoms with Crippen LogP contribution in [0.25, 0.3) is 10.9 Å². The first-order valence-electron chi connectivity index (χ1n) is 9.76. The van der Waals surface area contributed by atoms with Gasteiger partial charge in [-0.3, -0.25) is 4.79 Å². The van der Waals surface area contributed by atoms with E-state index in [1.165, 1.54) is 4.68 Å². The number of rotatable bonds is 4. The van der Waals surface area contributed by atoms with E-state index in [1.54, 1.807) is 16.6 Å². The van der Waals surface area contributed by atoms with Crippen LogP contribution in [0.15, 0.2) is 35.3 Å². The summed E-state index contributed by atoms with van der Waals surface area (Å²) in [6.45, 7) is 1.10. The van der Waals surface area contributed by atoms with Gasteiger partial charge >= 0.3 is 0 Å². The summed E-state index contributed by atoms with van der Waals surface area (Å²) >= 11 is 0. The Kier molecular flexibility index (Phi) is 4.08. The Bertz CT molecular complexity index is 1290. The van der Waals surface area contributed by atoms with Crippen LogP contribution in [0.1, 0.15) is 29.7 Å². The Hall–Kier alpha value is -2.65. The predicted molar refractivity (Wildman–Crippen MR) is 111 cm³/mol. The summed E-state index contributed by atoms with van der Waals surface area (Å²) in [4.78, 5) is 13.2. The quantitative estimate of drug-likeness (QED) is 0.648. The minimum atomic E-state index is -3.24. The van der Waals surface area contributed by atoms with E-state index in [2.05, 4.69) is 5.10 Å². The maximum Gasteiger partial charge on any atom is 0.291 e. The van der Waals surface area contributed by atoms with Crippen molar-refractivity contribution in [2.75, 3.05) is 12.3 Å². The molecular weight excluding hydrogens is 390 g/mol. The first-order chi connectivity index (χ1) is 13.9. The van der Waals surface area contributed by atoms with Crippen LogP contribution in [0.3, 0.4) is 0 Å². The van der Waals surface area contributed by atoms with Gasteiger partial charge in [-0.25, -0.2) is 13.1 Å². The number of sulfonamides is 1. The van der Waals surface area contributed by atoms with Crippen molar-refractivity contribution in [1.29, 1.82) is 0 Å². The number of aryl methyl sites for hydroxylation is 1. The summed E-state index contributed by atoms with van der Waals surface area (Å²) in [5, 5.41) is 4.97. The molecule has 9 heteroatoms. The molecule has 5 rings (SSSR count). The van der Waals surface area contributed by atoms with Crippen molar-refractivity contribution in [3.63, 3.8) is 0 Å². The highest BCUT2D eigenvalue weighted by atomic mass is 32.2. The number of nitrogens with zero attached hydrogens (tertiary/aromatic N) is 4. The van der Waals surface area contributed by atoms with Gasteiger partial charge in [0.25, 0.3) is 5.56 Å². The van der Waals surface area contributed by atoms with Crippen LogP contribution in [-0.4, -0.2) is 38.9 Å². The van der Waals surface area contributed by atoms with E-state index >= 15 is 0 Å². The number of benzene rings is 1. The molecule has 1 aliphatic heterocycles. The van der Waals surface area contributed by atoms with Crippen molar-refractivity contribution in [2.24, 2.45) is 7.05 Å². The van der Waals surface area contributed by atoms with Gasteiger partial charge in [0.15, 0.2) is 0 Å². The van der Waals surface area contributed by atoms with Gasteiger partial charge in [0.2, 0.25) is 10.0 Å². The predicted octanol–water partition coefficient (Wildman–Crippen LogP) is 1.22. The third-order valence-corrected chi connectivity index (χ3v) is 8.30. The van der Waals surface area contributed by atoms with Gasteiger partial charge < -0.3 is 10.3 Å². The average Bonchev–Trinajstić information content (AvgIpc) is 3.51. The lowest BCUT2D eigenvalue weighted by molar-refractivity contribution is 0.382. The summed E-state index contributed by atoms with van der Waals surface area (Å²) in [6, 6.07) is 7.39. The van der Waals surface area contributed by atoms with Crippen molar-refractivity contribution in [3.8, 4) is 0 Å². The van der Waals surface area contributed by atoms with E-state index < -0.39 is 10.0 Å². The van der Waals surface area contributed by atoms with Gasteiger partial charge in [-0.15, -0.1) is 0 Å². The zero-order valence-electron chi connectivity index (χ0n) is 16.2. The molecule has 8 nitrogen and oxygen atoms in total. The van der Waals surface area contributed by atoms with Gasteiger partial charge in [-0.2, -0.15) is 9.40 Å². The molecule has 3 aromatic rings. The lowest BCUT2D eigenvalue weighted by atomic mass is 10.1. The molecule has 1 fully saturated rings. The molecule has 0 radical (unpaired) electrons. The van der Waals surface area contributed by atoms with Gasteiger partial charge in [-0.1, -0.05) is 12.1 Å². The average molecular weight is 414 g/mol. The van der Waals surface area contributed by atoms with Gasteiger partial charge in [0.1, 0.15) is 5.52 Å². The maximum atomic E-state index is 13.2. The zero-order valence-corrected chi connectivity index (χ0v) is 17.0. The third-order valence-electron chi connectivity index (χ3n) is 5.96. The van der Waals surface area contributed by atoms with Gasteiger partial charge in [-0.05, 0) is 42.5 Å². The second-order valence-corrected chi connectivity index (χ2v) is 10.1. The van der Waals surface area contributed by atoms with Crippen LogP contribution in [0.5, 0.6) is 0 Å². The molecule has 3 heterocycles. The molecule has 1 aromatic carbocycles. The van der Waals surface area contributed by atoms with Crippen LogP contribution in [0.2, 0.25) is 0 Å². The van der Waals surface area contributed by atoms with E-state index in [1.807, 2.05) is 29.8 Å². The standard InChI is InChI=1S/C20H23N5O3S/c1-23-18-12-24(29(27,28)15-5-6-15)8-7-16(18)17-10-22-25(20(26)19(17)23)11-13-3-2-4-14(21)9-13/h2-4,9-10,15H,5-8,11-12,21H2,1H3. The SMILES string of the molecule is Cn1c2c(c3cnn(Cc4cccc(N)c4)c(=O)c31)CCN(S(=O)(=O)C1CC1)C2. The normalized spacial score (nSPS) is 17.6. The van der Waals surface area contributed by atoms with E-state index in [9.17, 15) is 13.2 Å². The summed E-state index contributed by atoms with van der Waals surface area (Å²) in [7, 11) is -1.41. The fourth-order valence-corrected chi connectivity index (χ4v) is 6.05. The maximum absolute atomic E-state index is 13.2. The first-order valence-corrected chi connectivity index (χ1v) is 11.3. The van der Waals surface area contributed by atoms with Crippen molar-refractivity contribution < 1.29 is 8.42 Å². The molecule has 1 saturated carbocycles. The highest BCUT2D eigenvalue weighted by molar-refractivity contribution is 7.90. The van der Waals surface area contributed by atoms with Crippen LogP contribution < -0.4 is 11.3 Å². The summed E-state index contributed by atoms with van der Waals surface area (Å²) < 4.78 is 30.2. The molecule has 0 amide bonds. The first kappa shape index (κ1) is 18.4. The Morgan fingerprint density at radius 1 is 1.28 bits per heavy atom. The van der Waals surface area contributed by atoms with E-state index in [-0.39, 0.29) is 10.8 Å². The van der Waals surface area contributed by atoms with Crippen molar-refractivity contribution in [1.82, 2.24) is 18.7 Å². The highest BCUT2D eigenvalue weighted by Crippen LogP contribution is 2.35. The number of aromatic nitrogens is 3. The minimum Gasteiger partial charge on any atom is -0.399 e. The number of hydrogen-bond donors (Lipinski definition) is 1. The molecule has 152 valence electrons. The van der Waals surface area contributed by atoms with Gasteiger partial charge in [0.05, 0.1) is 24.5 Å². The molecule has 0 saturated heterocycles. The van der Waals surface area contributed by atoms with Crippen LogP contribution in [-0.2, 0) is 36.6 Å². The van der Waals surface area contributed by atoms with E-state index in [0.29, 0.717) is 37.3 Å². The van der Waals surface area contributed by atoms with Gasteiger partial charge in [0, 0.05) is 30.4 Å². The molecule has 0 atom stereocenters. The van der Waals surface area contributed by atoms with Crippen LogP contribution >= 0.6 is 0 Å². The van der Waals surface area contributed by atoms with Crippen molar-refractivity contribution in [3.05, 3.63) is 57.6 Å². The number of nitrogen functional groups attached to an aromatic ring is 1. The summed E-state index contributed by atoms with van der Waals surface area (Å²) in [6.07, 6.45) is 3.82. The molecule has 0 unspecified atom stereocenters. The Balaban J connectivity index is 1.55. The monoisotopic (exact) mass is 413 g/mol.